The van der Waals surface area contributed by atoms with Crippen LogP contribution < -0.4 is 14.8 Å². The Hall–Kier alpha value is -2.08. The number of para-hydroxylation sites is 1. The monoisotopic (exact) mass is 290 g/mol. The molecule has 2 aliphatic heterocycles. The predicted octanol–water partition coefficient (Wildman–Crippen LogP) is 1.88. The quantitative estimate of drug-likeness (QED) is 0.680. The number of benzene rings is 1. The molecule has 0 radical (unpaired) electrons. The van der Waals surface area contributed by atoms with E-state index in [1.54, 1.807) is 6.08 Å². The van der Waals surface area contributed by atoms with Crippen molar-refractivity contribution in [2.24, 2.45) is 0 Å². The Labute approximate surface area is 122 Å². The molecule has 2 aliphatic rings. The van der Waals surface area contributed by atoms with Crippen molar-refractivity contribution in [3.05, 3.63) is 29.5 Å². The second-order valence-electron chi connectivity index (χ2n) is 4.52. The molecule has 5 nitrogen and oxygen atoms in total. The second kappa shape index (κ2) is 5.13. The van der Waals surface area contributed by atoms with E-state index in [4.69, 9.17) is 21.7 Å². The highest BCUT2D eigenvalue weighted by Gasteiger charge is 2.30. The van der Waals surface area contributed by atoms with Gasteiger partial charge in [0.1, 0.15) is 5.70 Å². The lowest BCUT2D eigenvalue weighted by atomic mass is 10.1. The molecule has 0 saturated carbocycles. The molecule has 3 rings (SSSR count). The molecule has 0 aromatic heterocycles. The molecule has 1 aromatic carbocycles. The fraction of sp³-hybridized carbons (Fsp3) is 0.286. The van der Waals surface area contributed by atoms with Crippen LogP contribution in [0, 0.1) is 0 Å². The lowest BCUT2D eigenvalue weighted by Crippen LogP contribution is -2.27. The minimum atomic E-state index is -0.181. The fourth-order valence-corrected chi connectivity index (χ4v) is 2.55. The lowest BCUT2D eigenvalue weighted by molar-refractivity contribution is -0.115. The van der Waals surface area contributed by atoms with Crippen LogP contribution in [0.1, 0.15) is 18.9 Å². The van der Waals surface area contributed by atoms with Crippen molar-refractivity contribution < 1.29 is 14.3 Å². The van der Waals surface area contributed by atoms with E-state index in [9.17, 15) is 4.79 Å². The molecule has 0 aliphatic carbocycles. The van der Waals surface area contributed by atoms with Crippen LogP contribution in [0.4, 0.5) is 0 Å². The number of carbonyl (C=O) groups is 1. The maximum Gasteiger partial charge on any atom is 0.274 e. The van der Waals surface area contributed by atoms with E-state index in [0.29, 0.717) is 28.9 Å². The Bertz CT molecular complexity index is 612. The van der Waals surface area contributed by atoms with Crippen molar-refractivity contribution in [1.29, 1.82) is 0 Å². The molecule has 0 atom stereocenters. The van der Waals surface area contributed by atoms with Gasteiger partial charge in [0.25, 0.3) is 5.91 Å². The zero-order valence-corrected chi connectivity index (χ0v) is 11.8. The molecule has 20 heavy (non-hydrogen) atoms. The molecule has 1 amide bonds. The number of rotatable bonds is 3. The van der Waals surface area contributed by atoms with Gasteiger partial charge in [-0.05, 0) is 30.8 Å². The van der Waals surface area contributed by atoms with Crippen LogP contribution in [0.15, 0.2) is 23.9 Å². The minimum absolute atomic E-state index is 0.181. The van der Waals surface area contributed by atoms with Gasteiger partial charge < -0.3 is 14.4 Å². The number of ether oxygens (including phenoxy) is 2. The van der Waals surface area contributed by atoms with Crippen molar-refractivity contribution in [2.75, 3.05) is 13.3 Å². The molecule has 104 valence electrons. The first kappa shape index (κ1) is 12.9. The Kier molecular flexibility index (Phi) is 3.31. The van der Waals surface area contributed by atoms with Crippen LogP contribution in [0.25, 0.3) is 6.08 Å². The normalized spacial score (nSPS) is 18.9. The second-order valence-corrected chi connectivity index (χ2v) is 4.91. The number of hydrogen-bond acceptors (Lipinski definition) is 4. The van der Waals surface area contributed by atoms with Gasteiger partial charge in [0.2, 0.25) is 6.79 Å². The van der Waals surface area contributed by atoms with Crippen LogP contribution in [0.2, 0.25) is 0 Å². The summed E-state index contributed by atoms with van der Waals surface area (Å²) in [4.78, 5) is 13.8. The van der Waals surface area contributed by atoms with Crippen molar-refractivity contribution in [3.63, 3.8) is 0 Å². The van der Waals surface area contributed by atoms with Crippen molar-refractivity contribution >= 4 is 29.3 Å². The van der Waals surface area contributed by atoms with Gasteiger partial charge in [-0.1, -0.05) is 19.1 Å². The molecule has 1 aromatic rings. The molecule has 2 heterocycles. The Balaban J connectivity index is 2.00. The van der Waals surface area contributed by atoms with Gasteiger partial charge in [0, 0.05) is 12.1 Å². The van der Waals surface area contributed by atoms with E-state index < -0.39 is 0 Å². The average Bonchev–Trinajstić information content (AvgIpc) is 2.99. The molecule has 1 saturated heterocycles. The zero-order chi connectivity index (χ0) is 14.1. The first-order valence-electron chi connectivity index (χ1n) is 6.44. The topological polar surface area (TPSA) is 50.8 Å². The van der Waals surface area contributed by atoms with Gasteiger partial charge in [0.15, 0.2) is 16.6 Å². The maximum atomic E-state index is 12.0. The Morgan fingerprint density at radius 1 is 1.45 bits per heavy atom. The summed E-state index contributed by atoms with van der Waals surface area (Å²) in [5, 5.41) is 3.12. The predicted molar refractivity (Wildman–Crippen MR) is 78.3 cm³/mol. The summed E-state index contributed by atoms with van der Waals surface area (Å²) in [5.74, 6) is 1.18. The minimum Gasteiger partial charge on any atom is -0.454 e. The zero-order valence-electron chi connectivity index (χ0n) is 11.0. The van der Waals surface area contributed by atoms with E-state index in [2.05, 4.69) is 5.32 Å². The average molecular weight is 290 g/mol. The number of nitrogens with one attached hydrogen (secondary N) is 1. The molecular weight excluding hydrogens is 276 g/mol. The standard InChI is InChI=1S/C14H14N2O3S/c1-2-6-16-10(13(17)15-14(16)20)7-9-4-3-5-11-12(9)19-8-18-11/h3-5,7H,2,6,8H2,1H3,(H,15,17,20)/b10-7+. The molecule has 0 spiro atoms. The fourth-order valence-electron chi connectivity index (χ4n) is 2.26. The summed E-state index contributed by atoms with van der Waals surface area (Å²) >= 11 is 5.17. The molecular formula is C14H14N2O3S. The van der Waals surface area contributed by atoms with Crippen LogP contribution in [0.3, 0.4) is 0 Å². The summed E-state index contributed by atoms with van der Waals surface area (Å²) in [6.45, 7) is 2.95. The van der Waals surface area contributed by atoms with Gasteiger partial charge in [-0.2, -0.15) is 0 Å². The highest BCUT2D eigenvalue weighted by atomic mass is 32.1. The first-order valence-corrected chi connectivity index (χ1v) is 6.84. The number of hydrogen-bond donors (Lipinski definition) is 1. The summed E-state index contributed by atoms with van der Waals surface area (Å²) in [6.07, 6.45) is 2.69. The largest absolute Gasteiger partial charge is 0.454 e. The van der Waals surface area contributed by atoms with E-state index in [1.165, 1.54) is 0 Å². The molecule has 1 fully saturated rings. The lowest BCUT2D eigenvalue weighted by Gasteiger charge is -2.16. The number of nitrogens with zero attached hydrogens (tertiary/aromatic N) is 1. The SMILES string of the molecule is CCCN1C(=S)NC(=O)/C1=C\c1cccc2c1OCO2. The number of carbonyl (C=O) groups excluding carboxylic acids is 1. The van der Waals surface area contributed by atoms with Gasteiger partial charge in [0.05, 0.1) is 0 Å². The van der Waals surface area contributed by atoms with E-state index in [1.807, 2.05) is 30.0 Å². The summed E-state index contributed by atoms with van der Waals surface area (Å²) < 4.78 is 10.8. The van der Waals surface area contributed by atoms with Gasteiger partial charge in [-0.3, -0.25) is 10.1 Å². The third kappa shape index (κ3) is 2.12. The number of thiocarbonyl (C=S) groups is 1. The highest BCUT2D eigenvalue weighted by molar-refractivity contribution is 7.80. The highest BCUT2D eigenvalue weighted by Crippen LogP contribution is 2.36. The third-order valence-electron chi connectivity index (χ3n) is 3.16. The third-order valence-corrected chi connectivity index (χ3v) is 3.48. The molecule has 0 bridgehead atoms. The number of amides is 1. The van der Waals surface area contributed by atoms with Crippen molar-refractivity contribution in [2.45, 2.75) is 13.3 Å². The molecule has 6 heteroatoms. The van der Waals surface area contributed by atoms with Crippen LogP contribution in [-0.4, -0.2) is 29.3 Å². The van der Waals surface area contributed by atoms with Gasteiger partial charge in [-0.25, -0.2) is 0 Å². The van der Waals surface area contributed by atoms with E-state index in [-0.39, 0.29) is 12.7 Å². The van der Waals surface area contributed by atoms with Gasteiger partial charge in [-0.15, -0.1) is 0 Å². The van der Waals surface area contributed by atoms with Crippen LogP contribution in [0.5, 0.6) is 11.5 Å². The Morgan fingerprint density at radius 3 is 3.10 bits per heavy atom. The van der Waals surface area contributed by atoms with Crippen LogP contribution in [-0.2, 0) is 4.79 Å². The molecule has 0 unspecified atom stereocenters. The summed E-state index contributed by atoms with van der Waals surface area (Å²) in [7, 11) is 0. The van der Waals surface area contributed by atoms with E-state index in [0.717, 1.165) is 12.0 Å². The Morgan fingerprint density at radius 2 is 2.30 bits per heavy atom. The van der Waals surface area contributed by atoms with Crippen molar-refractivity contribution in [3.8, 4) is 11.5 Å². The van der Waals surface area contributed by atoms with Crippen LogP contribution >= 0.6 is 12.2 Å². The van der Waals surface area contributed by atoms with E-state index >= 15 is 0 Å². The maximum absolute atomic E-state index is 12.0. The van der Waals surface area contributed by atoms with Crippen molar-refractivity contribution in [1.82, 2.24) is 10.2 Å². The summed E-state index contributed by atoms with van der Waals surface area (Å²) in [5.41, 5.74) is 1.36. The summed E-state index contributed by atoms with van der Waals surface area (Å²) in [6, 6.07) is 5.60. The van der Waals surface area contributed by atoms with Gasteiger partial charge >= 0.3 is 0 Å². The molecule has 1 N–H and O–H groups in total. The smallest absolute Gasteiger partial charge is 0.274 e. The number of fused-ring (bicyclic) bond motifs is 1. The first-order chi connectivity index (χ1) is 9.70.